The highest BCUT2D eigenvalue weighted by Crippen LogP contribution is 2.29. The van der Waals surface area contributed by atoms with Crippen molar-refractivity contribution < 1.29 is 14.6 Å². The van der Waals surface area contributed by atoms with Gasteiger partial charge in [-0.25, -0.2) is 0 Å². The van der Waals surface area contributed by atoms with Gasteiger partial charge in [-0.3, -0.25) is 0 Å². The van der Waals surface area contributed by atoms with Crippen LogP contribution in [0, 0.1) is 5.92 Å². The lowest BCUT2D eigenvalue weighted by Gasteiger charge is -2.11. The summed E-state index contributed by atoms with van der Waals surface area (Å²) in [5.41, 5.74) is 2.01. The Hall–Kier alpha value is -1.48. The van der Waals surface area contributed by atoms with Crippen molar-refractivity contribution in [2.75, 3.05) is 20.3 Å². The second kappa shape index (κ2) is 7.07. The first-order valence-electron chi connectivity index (χ1n) is 6.24. The maximum Gasteiger partial charge on any atom is 0.161 e. The molecule has 0 fully saturated rings. The summed E-state index contributed by atoms with van der Waals surface area (Å²) in [7, 11) is 1.63. The minimum atomic E-state index is 0.0770. The molecule has 3 heteroatoms. The summed E-state index contributed by atoms with van der Waals surface area (Å²) in [4.78, 5) is 0. The molecule has 0 heterocycles. The molecule has 0 radical (unpaired) electrons. The molecule has 1 aromatic carbocycles. The van der Waals surface area contributed by atoms with Gasteiger partial charge >= 0.3 is 0 Å². The molecule has 1 aromatic rings. The monoisotopic (exact) mass is 250 g/mol. The van der Waals surface area contributed by atoms with Gasteiger partial charge in [-0.05, 0) is 36.1 Å². The molecule has 0 atom stereocenters. The van der Waals surface area contributed by atoms with Crippen molar-refractivity contribution in [1.29, 1.82) is 0 Å². The lowest BCUT2D eigenvalue weighted by atomic mass is 10.0. The standard InChI is InChI=1S/C15H22O3/c1-5-18-15-9-12(6-7-14(15)17-4)8-13(10-16)11(2)3/h6-9,11,16H,5,10H2,1-4H3. The molecular weight excluding hydrogens is 228 g/mol. The molecule has 0 saturated carbocycles. The lowest BCUT2D eigenvalue weighted by molar-refractivity contribution is 0.311. The third-order valence-corrected chi connectivity index (χ3v) is 2.76. The van der Waals surface area contributed by atoms with E-state index in [-0.39, 0.29) is 6.61 Å². The molecule has 18 heavy (non-hydrogen) atoms. The van der Waals surface area contributed by atoms with Crippen molar-refractivity contribution in [1.82, 2.24) is 0 Å². The van der Waals surface area contributed by atoms with Crippen LogP contribution in [0.25, 0.3) is 6.08 Å². The molecule has 0 aromatic heterocycles. The van der Waals surface area contributed by atoms with Gasteiger partial charge < -0.3 is 14.6 Å². The molecule has 0 aliphatic carbocycles. The summed E-state index contributed by atoms with van der Waals surface area (Å²) in [5.74, 6) is 1.78. The van der Waals surface area contributed by atoms with Gasteiger partial charge in [-0.15, -0.1) is 0 Å². The van der Waals surface area contributed by atoms with Crippen LogP contribution in [-0.4, -0.2) is 25.4 Å². The highest BCUT2D eigenvalue weighted by atomic mass is 16.5. The van der Waals surface area contributed by atoms with Gasteiger partial charge in [0.25, 0.3) is 0 Å². The zero-order valence-corrected chi connectivity index (χ0v) is 11.6. The quantitative estimate of drug-likeness (QED) is 0.843. The van der Waals surface area contributed by atoms with Crippen molar-refractivity contribution in [3.05, 3.63) is 29.3 Å². The number of hydrogen-bond donors (Lipinski definition) is 1. The Bertz CT molecular complexity index is 408. The second-order valence-electron chi connectivity index (χ2n) is 4.38. The van der Waals surface area contributed by atoms with Crippen LogP contribution in [0.3, 0.4) is 0 Å². The van der Waals surface area contributed by atoms with E-state index in [1.54, 1.807) is 7.11 Å². The van der Waals surface area contributed by atoms with Gasteiger partial charge in [-0.1, -0.05) is 26.0 Å². The topological polar surface area (TPSA) is 38.7 Å². The van der Waals surface area contributed by atoms with E-state index in [4.69, 9.17) is 9.47 Å². The summed E-state index contributed by atoms with van der Waals surface area (Å²) in [6.07, 6.45) is 1.99. The van der Waals surface area contributed by atoms with E-state index in [1.807, 2.05) is 31.2 Å². The van der Waals surface area contributed by atoms with Crippen LogP contribution in [0.15, 0.2) is 23.8 Å². The van der Waals surface area contributed by atoms with E-state index in [0.29, 0.717) is 12.5 Å². The number of benzene rings is 1. The first kappa shape index (κ1) is 14.6. The van der Waals surface area contributed by atoms with Crippen LogP contribution in [0.5, 0.6) is 11.5 Å². The van der Waals surface area contributed by atoms with Crippen LogP contribution in [0.4, 0.5) is 0 Å². The molecular formula is C15H22O3. The fourth-order valence-electron chi connectivity index (χ4n) is 1.66. The maximum absolute atomic E-state index is 9.31. The van der Waals surface area contributed by atoms with Gasteiger partial charge in [0.2, 0.25) is 0 Å². The Morgan fingerprint density at radius 2 is 2.06 bits per heavy atom. The molecule has 3 nitrogen and oxygen atoms in total. The fraction of sp³-hybridized carbons (Fsp3) is 0.467. The summed E-state index contributed by atoms with van der Waals surface area (Å²) < 4.78 is 10.8. The normalized spacial score (nSPS) is 11.8. The van der Waals surface area contributed by atoms with E-state index in [2.05, 4.69) is 13.8 Å². The third kappa shape index (κ3) is 3.77. The smallest absolute Gasteiger partial charge is 0.161 e. The number of hydrogen-bond acceptors (Lipinski definition) is 3. The Kier molecular flexibility index (Phi) is 5.72. The first-order valence-corrected chi connectivity index (χ1v) is 6.24. The van der Waals surface area contributed by atoms with Crippen molar-refractivity contribution in [3.63, 3.8) is 0 Å². The molecule has 0 aliphatic rings. The van der Waals surface area contributed by atoms with Crippen LogP contribution >= 0.6 is 0 Å². The average Bonchev–Trinajstić information content (AvgIpc) is 2.36. The second-order valence-corrected chi connectivity index (χ2v) is 4.38. The SMILES string of the molecule is CCOc1cc(C=C(CO)C(C)C)ccc1OC. The van der Waals surface area contributed by atoms with Gasteiger partial charge in [0, 0.05) is 0 Å². The van der Waals surface area contributed by atoms with Crippen LogP contribution < -0.4 is 9.47 Å². The molecule has 1 N–H and O–H groups in total. The maximum atomic E-state index is 9.31. The summed E-state index contributed by atoms with van der Waals surface area (Å²) in [6, 6.07) is 5.77. The van der Waals surface area contributed by atoms with Crippen molar-refractivity contribution in [2.24, 2.45) is 5.92 Å². The van der Waals surface area contributed by atoms with Gasteiger partial charge in [0.1, 0.15) is 0 Å². The van der Waals surface area contributed by atoms with Gasteiger partial charge in [0.15, 0.2) is 11.5 Å². The minimum Gasteiger partial charge on any atom is -0.493 e. The van der Waals surface area contributed by atoms with Gasteiger partial charge in [0.05, 0.1) is 20.3 Å². The van der Waals surface area contributed by atoms with Crippen LogP contribution in [0.1, 0.15) is 26.3 Å². The highest BCUT2D eigenvalue weighted by molar-refractivity contribution is 5.58. The molecule has 0 spiro atoms. The highest BCUT2D eigenvalue weighted by Gasteiger charge is 2.06. The van der Waals surface area contributed by atoms with Crippen LogP contribution in [-0.2, 0) is 0 Å². The zero-order chi connectivity index (χ0) is 13.5. The van der Waals surface area contributed by atoms with E-state index in [1.165, 1.54) is 0 Å². The molecule has 0 aliphatic heterocycles. The number of rotatable bonds is 6. The van der Waals surface area contributed by atoms with E-state index < -0.39 is 0 Å². The number of ether oxygens (including phenoxy) is 2. The Morgan fingerprint density at radius 3 is 2.56 bits per heavy atom. The van der Waals surface area contributed by atoms with E-state index in [0.717, 1.165) is 22.6 Å². The number of aliphatic hydroxyl groups is 1. The van der Waals surface area contributed by atoms with Crippen molar-refractivity contribution >= 4 is 6.08 Å². The fourth-order valence-corrected chi connectivity index (χ4v) is 1.66. The summed E-state index contributed by atoms with van der Waals surface area (Å²) in [5, 5.41) is 9.31. The van der Waals surface area contributed by atoms with E-state index >= 15 is 0 Å². The third-order valence-electron chi connectivity index (χ3n) is 2.76. The molecule has 0 amide bonds. The van der Waals surface area contributed by atoms with Crippen molar-refractivity contribution in [2.45, 2.75) is 20.8 Å². The number of methoxy groups -OCH3 is 1. The largest absolute Gasteiger partial charge is 0.493 e. The summed E-state index contributed by atoms with van der Waals surface area (Å²) >= 11 is 0. The average molecular weight is 250 g/mol. The minimum absolute atomic E-state index is 0.0770. The van der Waals surface area contributed by atoms with Gasteiger partial charge in [-0.2, -0.15) is 0 Å². The molecule has 1 rings (SSSR count). The molecule has 0 bridgehead atoms. The van der Waals surface area contributed by atoms with Crippen molar-refractivity contribution in [3.8, 4) is 11.5 Å². The Labute approximate surface area is 109 Å². The predicted molar refractivity (Wildman–Crippen MR) is 74.1 cm³/mol. The Balaban J connectivity index is 3.07. The predicted octanol–water partition coefficient (Wildman–Crippen LogP) is 3.13. The first-order chi connectivity index (χ1) is 8.62. The van der Waals surface area contributed by atoms with E-state index in [9.17, 15) is 5.11 Å². The number of aliphatic hydroxyl groups excluding tert-OH is 1. The summed E-state index contributed by atoms with van der Waals surface area (Å²) in [6.45, 7) is 6.74. The van der Waals surface area contributed by atoms with Crippen LogP contribution in [0.2, 0.25) is 0 Å². The Morgan fingerprint density at radius 1 is 1.33 bits per heavy atom. The molecule has 100 valence electrons. The zero-order valence-electron chi connectivity index (χ0n) is 11.6. The molecule has 0 saturated heterocycles. The molecule has 0 unspecified atom stereocenters. The lowest BCUT2D eigenvalue weighted by Crippen LogP contribution is -1.99.